The van der Waals surface area contributed by atoms with Gasteiger partial charge >= 0.3 is 0 Å². The Morgan fingerprint density at radius 3 is 2.15 bits per heavy atom. The lowest BCUT2D eigenvalue weighted by atomic mass is 10.1. The number of rotatable bonds is 8. The first-order chi connectivity index (χ1) is 16.5. The van der Waals surface area contributed by atoms with Gasteiger partial charge in [-0.3, -0.25) is 14.5 Å². The van der Waals surface area contributed by atoms with Crippen LogP contribution in [-0.2, 0) is 17.8 Å². The molecule has 0 saturated carbocycles. The fourth-order valence-electron chi connectivity index (χ4n) is 3.99. The summed E-state index contributed by atoms with van der Waals surface area (Å²) in [7, 11) is 0. The van der Waals surface area contributed by atoms with E-state index in [4.69, 9.17) is 0 Å². The summed E-state index contributed by atoms with van der Waals surface area (Å²) < 4.78 is 26.6. The fraction of sp³-hybridized carbons (Fsp3) is 0.308. The first-order valence-corrected chi connectivity index (χ1v) is 12.2. The standard InChI is InChI=1S/C26H27F2N3O2S/c27-22-7-3-20(4-8-22)19-31(26(33)21-5-9-23(28)10-6-21)16-13-29-11-14-30(15-12-29)25(32)18-24-2-1-17-34-24/h1-10,17H,11-16,18-19H2. The number of hydrogen-bond acceptors (Lipinski definition) is 4. The number of piperazine rings is 1. The minimum absolute atomic E-state index is 0.145. The second-order valence-corrected chi connectivity index (χ2v) is 9.37. The van der Waals surface area contributed by atoms with E-state index < -0.39 is 5.82 Å². The molecule has 0 unspecified atom stereocenters. The van der Waals surface area contributed by atoms with Gasteiger partial charge in [-0.1, -0.05) is 18.2 Å². The van der Waals surface area contributed by atoms with Gasteiger partial charge in [-0.25, -0.2) is 8.78 Å². The predicted molar refractivity (Wildman–Crippen MR) is 129 cm³/mol. The Hall–Kier alpha value is -3.10. The minimum Gasteiger partial charge on any atom is -0.340 e. The monoisotopic (exact) mass is 483 g/mol. The zero-order chi connectivity index (χ0) is 23.9. The highest BCUT2D eigenvalue weighted by Gasteiger charge is 2.23. The van der Waals surface area contributed by atoms with Gasteiger partial charge in [0.15, 0.2) is 0 Å². The molecule has 1 fully saturated rings. The molecular formula is C26H27F2N3O2S. The van der Waals surface area contributed by atoms with Crippen LogP contribution >= 0.6 is 11.3 Å². The summed E-state index contributed by atoms with van der Waals surface area (Å²) in [4.78, 5) is 32.6. The highest BCUT2D eigenvalue weighted by atomic mass is 32.1. The van der Waals surface area contributed by atoms with Crippen LogP contribution in [-0.4, -0.2) is 65.8 Å². The molecule has 1 aromatic heterocycles. The minimum atomic E-state index is -0.395. The van der Waals surface area contributed by atoms with Crippen LogP contribution in [0.15, 0.2) is 66.0 Å². The number of nitrogens with zero attached hydrogens (tertiary/aromatic N) is 3. The van der Waals surface area contributed by atoms with Gasteiger partial charge in [0.2, 0.25) is 5.91 Å². The smallest absolute Gasteiger partial charge is 0.254 e. The van der Waals surface area contributed by atoms with Crippen LogP contribution in [0, 0.1) is 11.6 Å². The maximum atomic E-state index is 13.3. The van der Waals surface area contributed by atoms with Gasteiger partial charge < -0.3 is 9.80 Å². The van der Waals surface area contributed by atoms with Crippen molar-refractivity contribution >= 4 is 23.2 Å². The van der Waals surface area contributed by atoms with E-state index >= 15 is 0 Å². The number of carbonyl (C=O) groups is 2. The maximum Gasteiger partial charge on any atom is 0.254 e. The van der Waals surface area contributed by atoms with E-state index in [0.29, 0.717) is 44.7 Å². The van der Waals surface area contributed by atoms with Gasteiger partial charge in [0.05, 0.1) is 6.42 Å². The molecule has 178 valence electrons. The molecule has 0 atom stereocenters. The number of carbonyl (C=O) groups excluding carboxylic acids is 2. The second-order valence-electron chi connectivity index (χ2n) is 8.34. The molecule has 8 heteroatoms. The lowest BCUT2D eigenvalue weighted by Crippen LogP contribution is -2.50. The summed E-state index contributed by atoms with van der Waals surface area (Å²) in [5.74, 6) is -0.777. The van der Waals surface area contributed by atoms with Gasteiger partial charge in [0, 0.05) is 56.3 Å². The third-order valence-corrected chi connectivity index (χ3v) is 6.86. The van der Waals surface area contributed by atoms with E-state index in [2.05, 4.69) is 4.90 Å². The lowest BCUT2D eigenvalue weighted by molar-refractivity contribution is -0.132. The second kappa shape index (κ2) is 11.4. The van der Waals surface area contributed by atoms with E-state index in [1.165, 1.54) is 36.4 Å². The van der Waals surface area contributed by atoms with Crippen LogP contribution in [0.5, 0.6) is 0 Å². The molecule has 1 aliphatic rings. The summed E-state index contributed by atoms with van der Waals surface area (Å²) in [6.07, 6.45) is 0.440. The summed E-state index contributed by atoms with van der Waals surface area (Å²) in [6, 6.07) is 15.5. The first-order valence-electron chi connectivity index (χ1n) is 11.3. The first kappa shape index (κ1) is 24.0. The number of hydrogen-bond donors (Lipinski definition) is 0. The van der Waals surface area contributed by atoms with E-state index in [9.17, 15) is 18.4 Å². The fourth-order valence-corrected chi connectivity index (χ4v) is 4.69. The molecule has 0 N–H and O–H groups in total. The molecule has 0 spiro atoms. The molecular weight excluding hydrogens is 456 g/mol. The number of benzene rings is 2. The van der Waals surface area contributed by atoms with Crippen molar-refractivity contribution in [2.24, 2.45) is 0 Å². The molecule has 1 saturated heterocycles. The van der Waals surface area contributed by atoms with Crippen LogP contribution in [0.4, 0.5) is 8.78 Å². The molecule has 0 aliphatic carbocycles. The highest BCUT2D eigenvalue weighted by molar-refractivity contribution is 7.10. The Bertz CT molecular complexity index is 1080. The SMILES string of the molecule is O=C(Cc1cccs1)N1CCN(CCN(Cc2ccc(F)cc2)C(=O)c2ccc(F)cc2)CC1. The van der Waals surface area contributed by atoms with Gasteiger partial charge in [-0.15, -0.1) is 11.3 Å². The summed E-state index contributed by atoms with van der Waals surface area (Å²) >= 11 is 1.59. The Morgan fingerprint density at radius 1 is 0.882 bits per heavy atom. The Labute approximate surface area is 202 Å². The van der Waals surface area contributed by atoms with Gasteiger partial charge in [-0.05, 0) is 53.4 Å². The molecule has 0 bridgehead atoms. The molecule has 2 aromatic carbocycles. The number of halogens is 2. The van der Waals surface area contributed by atoms with Crippen molar-refractivity contribution in [1.29, 1.82) is 0 Å². The van der Waals surface area contributed by atoms with Gasteiger partial charge in [0.25, 0.3) is 5.91 Å². The predicted octanol–water partition coefficient (Wildman–Crippen LogP) is 4.06. The van der Waals surface area contributed by atoms with E-state index in [1.807, 2.05) is 22.4 Å². The topological polar surface area (TPSA) is 43.9 Å². The third-order valence-electron chi connectivity index (χ3n) is 5.98. The van der Waals surface area contributed by atoms with E-state index in [1.54, 1.807) is 28.4 Å². The normalized spacial score (nSPS) is 14.2. The Kier molecular flexibility index (Phi) is 8.03. The average molecular weight is 484 g/mol. The lowest BCUT2D eigenvalue weighted by Gasteiger charge is -2.36. The molecule has 0 radical (unpaired) electrons. The number of amides is 2. The molecule has 34 heavy (non-hydrogen) atoms. The third kappa shape index (κ3) is 6.48. The van der Waals surface area contributed by atoms with Crippen molar-refractivity contribution < 1.29 is 18.4 Å². The van der Waals surface area contributed by atoms with Crippen LogP contribution in [0.2, 0.25) is 0 Å². The van der Waals surface area contributed by atoms with Crippen molar-refractivity contribution in [2.75, 3.05) is 39.3 Å². The van der Waals surface area contributed by atoms with Crippen molar-refractivity contribution in [3.05, 3.63) is 93.7 Å². The van der Waals surface area contributed by atoms with Crippen molar-refractivity contribution in [3.8, 4) is 0 Å². The average Bonchev–Trinajstić information content (AvgIpc) is 3.36. The zero-order valence-corrected chi connectivity index (χ0v) is 19.6. The van der Waals surface area contributed by atoms with Crippen molar-refractivity contribution in [2.45, 2.75) is 13.0 Å². The summed E-state index contributed by atoms with van der Waals surface area (Å²) in [6.45, 7) is 4.26. The zero-order valence-electron chi connectivity index (χ0n) is 18.8. The molecule has 2 amide bonds. The van der Waals surface area contributed by atoms with E-state index in [0.717, 1.165) is 23.5 Å². The molecule has 4 rings (SSSR count). The molecule has 2 heterocycles. The summed E-state index contributed by atoms with van der Waals surface area (Å²) in [5.41, 5.74) is 1.23. The van der Waals surface area contributed by atoms with Crippen molar-refractivity contribution in [3.63, 3.8) is 0 Å². The van der Waals surface area contributed by atoms with Crippen LogP contribution in [0.25, 0.3) is 0 Å². The van der Waals surface area contributed by atoms with Crippen LogP contribution in [0.1, 0.15) is 20.8 Å². The van der Waals surface area contributed by atoms with Gasteiger partial charge in [0.1, 0.15) is 11.6 Å². The molecule has 3 aromatic rings. The Balaban J connectivity index is 1.34. The van der Waals surface area contributed by atoms with Gasteiger partial charge in [-0.2, -0.15) is 0 Å². The van der Waals surface area contributed by atoms with E-state index in [-0.39, 0.29) is 17.6 Å². The van der Waals surface area contributed by atoms with Crippen molar-refractivity contribution in [1.82, 2.24) is 14.7 Å². The quantitative estimate of drug-likeness (QED) is 0.486. The Morgan fingerprint density at radius 2 is 1.53 bits per heavy atom. The maximum absolute atomic E-state index is 13.3. The molecule has 5 nitrogen and oxygen atoms in total. The molecule has 1 aliphatic heterocycles. The van der Waals surface area contributed by atoms with Crippen LogP contribution in [0.3, 0.4) is 0 Å². The number of thiophene rings is 1. The largest absolute Gasteiger partial charge is 0.340 e. The van der Waals surface area contributed by atoms with Crippen LogP contribution < -0.4 is 0 Å². The summed E-state index contributed by atoms with van der Waals surface area (Å²) in [5, 5.41) is 1.98. The highest BCUT2D eigenvalue weighted by Crippen LogP contribution is 2.14.